The Balaban J connectivity index is 0.00000360. The molecule has 2 aromatic rings. The Kier molecular flexibility index (Phi) is 70.2. The minimum Gasteiger partial charge on any atom is -0.508 e. The second-order valence-corrected chi connectivity index (χ2v) is 40.4. The normalized spacial score (nSPS) is 14.4. The van der Waals surface area contributed by atoms with Crippen LogP contribution in [0, 0.1) is 47.3 Å². The fourth-order valence-electron chi connectivity index (χ4n) is 16.7. The molecule has 0 fully saturated rings. The Hall–Kier alpha value is -10.6. The number of phenolic OH excluding ortho intramolecular Hbond substituents is 1. The number of aliphatic imine (C=N–C) groups is 2. The number of carboxylic acid groups (broad SMARTS) is 1. The molecule has 15 atom stereocenters. The van der Waals surface area contributed by atoms with E-state index in [0.29, 0.717) is 48.8 Å². The number of aliphatic hydroxyl groups is 2. The first-order valence-corrected chi connectivity index (χ1v) is 53.3. The molecule has 2 rings (SSSR count). The first-order valence-electron chi connectivity index (χ1n) is 51.9. The monoisotopic (exact) mass is 2050 g/mol. The second kappa shape index (κ2) is 76.9. The van der Waals surface area contributed by atoms with Crippen molar-refractivity contribution in [2.45, 2.75) is 380 Å². The molecule has 818 valence electrons. The van der Waals surface area contributed by atoms with Crippen LogP contribution in [0.1, 0.15) is 318 Å². The molecule has 0 unspecified atom stereocenters. The van der Waals surface area contributed by atoms with Crippen molar-refractivity contribution < 1.29 is 97.1 Å². The lowest BCUT2D eigenvalue weighted by molar-refractivity contribution is -0.142. The molecule has 0 spiro atoms. The summed E-state index contributed by atoms with van der Waals surface area (Å²) in [4.78, 5) is 237. The Bertz CT molecular complexity index is 4190. The number of guanidine groups is 2. The predicted octanol–water partition coefficient (Wildman–Crippen LogP) is 5.37. The number of Topliss-reactive ketones (excluding diaryl/α,β-unsaturated/α-hetero) is 5. The highest BCUT2D eigenvalue weighted by Crippen LogP contribution is 2.26. The van der Waals surface area contributed by atoms with Crippen LogP contribution in [0.15, 0.2) is 46.8 Å². The number of carboxylic acids is 1. The number of benzene rings is 1. The van der Waals surface area contributed by atoms with Crippen molar-refractivity contribution in [3.8, 4) is 5.75 Å². The predicted molar refractivity (Wildman–Crippen MR) is 559 cm³/mol. The molecule has 0 bridgehead atoms. The van der Waals surface area contributed by atoms with Gasteiger partial charge in [0.25, 0.3) is 0 Å². The molecule has 41 nitrogen and oxygen atoms in total. The number of imidazole rings is 1. The number of nitrogens with one attached hydrogen (secondary N) is 10. The van der Waals surface area contributed by atoms with E-state index in [4.69, 9.17) is 45.9 Å². The smallest absolute Gasteiger partial charge is 0.305 e. The van der Waals surface area contributed by atoms with Crippen LogP contribution < -0.4 is 93.7 Å². The summed E-state index contributed by atoms with van der Waals surface area (Å²) in [5.74, 6) is -18.8. The second-order valence-electron chi connectivity index (χ2n) is 39.5. The molecule has 0 radical (unpaired) electrons. The quantitative estimate of drug-likeness (QED) is 0.0225. The van der Waals surface area contributed by atoms with Crippen LogP contribution in [0.4, 0.5) is 0 Å². The molecular formula is C102H179N21O20S. The minimum absolute atomic E-state index is 0.0126. The molecule has 0 aliphatic heterocycles. The van der Waals surface area contributed by atoms with E-state index < -0.39 is 205 Å². The van der Waals surface area contributed by atoms with Gasteiger partial charge in [-0.05, 0) is 176 Å². The number of nitrogens with two attached hydrogens (primary N) is 8. The molecular weight excluding hydrogens is 1870 g/mol. The zero-order valence-electron chi connectivity index (χ0n) is 87.6. The number of rotatable bonds is 83. The summed E-state index contributed by atoms with van der Waals surface area (Å²) in [5, 5.41) is 66.0. The van der Waals surface area contributed by atoms with Gasteiger partial charge in [-0.15, -0.1) is 0 Å². The third-order valence-corrected chi connectivity index (χ3v) is 25.4. The number of amides is 10. The van der Waals surface area contributed by atoms with Gasteiger partial charge in [-0.25, -0.2) is 4.98 Å². The molecule has 1 aromatic carbocycles. The number of hydrogen-bond acceptors (Lipinski definition) is 26. The number of carbonyl (C=O) groups is 16. The van der Waals surface area contributed by atoms with Gasteiger partial charge in [0.2, 0.25) is 59.1 Å². The number of aromatic nitrogens is 2. The van der Waals surface area contributed by atoms with Crippen LogP contribution in [0.25, 0.3) is 0 Å². The third-order valence-electron chi connectivity index (χ3n) is 24.7. The molecule has 30 N–H and O–H groups in total. The number of aromatic amines is 1. The van der Waals surface area contributed by atoms with E-state index >= 15 is 0 Å². The maximum absolute atomic E-state index is 15.0. The van der Waals surface area contributed by atoms with E-state index in [1.165, 1.54) is 139 Å². The van der Waals surface area contributed by atoms with E-state index in [2.05, 4.69) is 81.7 Å². The van der Waals surface area contributed by atoms with Crippen molar-refractivity contribution in [3.05, 3.63) is 48.0 Å². The summed E-state index contributed by atoms with van der Waals surface area (Å²) in [6.45, 7) is 18.0. The number of aromatic hydroxyl groups is 1. The van der Waals surface area contributed by atoms with Crippen LogP contribution in [0.5, 0.6) is 5.75 Å². The van der Waals surface area contributed by atoms with Gasteiger partial charge in [0.1, 0.15) is 41.7 Å². The van der Waals surface area contributed by atoms with Crippen LogP contribution in [0.3, 0.4) is 0 Å². The lowest BCUT2D eigenvalue weighted by Gasteiger charge is -2.28. The SMILES string of the molecule is CCCCCCCCCCCCCCCC(=O)C[C@H](C)CCCCN.CSCC[C@H](NC(=O)[C@H](CO)CC(=O)[C@H](CCCN=C(N)N)NC(=O)[C@@H](CC(=O)[C@H](CCCCN)NC(C)=O)CC(C)C)C(=O)C[C@H](C(=O)N[C@@H](CC(=O)O)C(=O)C[C@@H](CCCCN)C(=O)N[C@@H](Cc1ccc(O)cc1)C(=O)N[C@@H](CCCN=C(N)N)C(=O)N[C@@H](CC(C)C)C(=O)N[C@@H](Cc1cnc[nH]1)C(=O)N[C@@H](CC(C)C)C(N)=O)[C@@H](C)O. The molecule has 0 aliphatic rings. The largest absolute Gasteiger partial charge is 0.508 e. The first kappa shape index (κ1) is 131. The van der Waals surface area contributed by atoms with Crippen LogP contribution in [-0.2, 0) is 89.6 Å². The summed E-state index contributed by atoms with van der Waals surface area (Å²) < 4.78 is 0. The highest BCUT2D eigenvalue weighted by Gasteiger charge is 2.40. The number of carbonyl (C=O) groups excluding carboxylic acids is 15. The number of aliphatic hydroxyl groups excluding tert-OH is 2. The molecule has 1 aromatic heterocycles. The van der Waals surface area contributed by atoms with Crippen molar-refractivity contribution in [1.82, 2.24) is 57.8 Å². The Morgan fingerprint density at radius 3 is 1.32 bits per heavy atom. The molecule has 0 aliphatic carbocycles. The summed E-state index contributed by atoms with van der Waals surface area (Å²) >= 11 is 1.26. The summed E-state index contributed by atoms with van der Waals surface area (Å²) in [6, 6.07) is -7.04. The maximum Gasteiger partial charge on any atom is 0.305 e. The number of hydrogen-bond donors (Lipinski definition) is 22. The number of primary amides is 1. The zero-order chi connectivity index (χ0) is 108. The highest BCUT2D eigenvalue weighted by atomic mass is 32.2. The molecule has 42 heteroatoms. The summed E-state index contributed by atoms with van der Waals surface area (Å²) in [5.41, 5.74) is 45.8. The van der Waals surface area contributed by atoms with Crippen molar-refractivity contribution >= 4 is 118 Å². The molecule has 10 amide bonds. The van der Waals surface area contributed by atoms with Gasteiger partial charge >= 0.3 is 5.97 Å². The number of nitrogens with zero attached hydrogens (tertiary/aromatic N) is 3. The van der Waals surface area contributed by atoms with Gasteiger partial charge in [0, 0.05) is 95.1 Å². The van der Waals surface area contributed by atoms with E-state index in [1.54, 1.807) is 20.1 Å². The van der Waals surface area contributed by atoms with Gasteiger partial charge in [-0.2, -0.15) is 11.8 Å². The molecule has 0 saturated carbocycles. The number of ketones is 5. The number of phenols is 1. The van der Waals surface area contributed by atoms with Crippen LogP contribution in [-0.4, -0.2) is 248 Å². The minimum atomic E-state index is -1.93. The molecule has 0 saturated heterocycles. The number of H-pyrrole nitrogens is 1. The fourth-order valence-corrected chi connectivity index (χ4v) is 17.2. The average molecular weight is 2050 g/mol. The van der Waals surface area contributed by atoms with Crippen molar-refractivity contribution in [3.63, 3.8) is 0 Å². The van der Waals surface area contributed by atoms with E-state index in [0.717, 1.165) is 45.6 Å². The van der Waals surface area contributed by atoms with Gasteiger partial charge in [-0.3, -0.25) is 86.7 Å². The first-order chi connectivity index (χ1) is 68.3. The van der Waals surface area contributed by atoms with Gasteiger partial charge < -0.3 is 119 Å². The maximum atomic E-state index is 15.0. The lowest BCUT2D eigenvalue weighted by atomic mass is 9.88. The average Bonchev–Trinajstić information content (AvgIpc) is 0.980. The van der Waals surface area contributed by atoms with Gasteiger partial charge in [-0.1, -0.05) is 164 Å². The van der Waals surface area contributed by atoms with Crippen molar-refractivity contribution in [2.24, 2.45) is 103 Å². The number of thioether (sulfide) groups is 1. The van der Waals surface area contributed by atoms with Gasteiger partial charge in [0.05, 0.1) is 61.5 Å². The highest BCUT2D eigenvalue weighted by molar-refractivity contribution is 7.98. The van der Waals surface area contributed by atoms with E-state index in [-0.39, 0.29) is 151 Å². The van der Waals surface area contributed by atoms with Crippen LogP contribution in [0.2, 0.25) is 0 Å². The molecule has 144 heavy (non-hydrogen) atoms. The Labute approximate surface area is 856 Å². The Morgan fingerprint density at radius 1 is 0.417 bits per heavy atom. The third kappa shape index (κ3) is 60.4. The summed E-state index contributed by atoms with van der Waals surface area (Å²) in [7, 11) is 0. The standard InChI is InChI=1S/C79H132N20O19S.C23H47NO/c1-43(2)30-50(35-64(104)55(91-47(8)102)17-11-13-26-81)71(112)92-56(18-14-27-88-78(83)84)65(105)36-51(41-100)72(113)93-57(24-29-119-9)67(107)38-54(46(7)101)73(114)95-59(39-68(108)109)66(106)34-49(16-10-12-25-80)70(111)97-62(33-48-20-22-53(103)23-21-48)76(117)94-58(19-15-28-89-79(85)86)74(115)98-61(32-45(5)6)75(116)99-63(37-52-40-87-42-90-52)77(118)96-60(69(82)110)31-44(3)4;1-3-4-5-6-7-8-9-10-11-12-13-14-15-19-23(25)21-22(2)18-16-17-20-24/h20-23,40,42-46,49-51,54-63,100-101,103H,10-19,24-39,41,80-81H2,1-9H3,(H2,82,110)(H,87,90)(H,91,102)(H,92,112)(H,93,113)(H,94,117)(H,95,114)(H,96,118)(H,97,111)(H,98,115)(H,99,116)(H,108,109)(H4,83,84,88)(H4,85,86,89);22H,3-21,24H2,1-2H3/t46-,49-,50-,51+,54+,55+,56+,57+,58+,59+,60+,61+,62+,63+;22-/m11/s1. The van der Waals surface area contributed by atoms with E-state index in [9.17, 15) is 97.1 Å². The summed E-state index contributed by atoms with van der Waals surface area (Å²) in [6.07, 6.45) is 23.3. The van der Waals surface area contributed by atoms with Gasteiger partial charge in [0.15, 0.2) is 35.1 Å². The Morgan fingerprint density at radius 2 is 0.826 bits per heavy atom. The van der Waals surface area contributed by atoms with Crippen molar-refractivity contribution in [1.29, 1.82) is 0 Å². The van der Waals surface area contributed by atoms with Crippen LogP contribution >= 0.6 is 11.8 Å². The topological polar surface area (TPSA) is 724 Å². The van der Waals surface area contributed by atoms with Crippen molar-refractivity contribution in [2.75, 3.05) is 51.3 Å². The van der Waals surface area contributed by atoms with E-state index in [1.807, 2.05) is 27.7 Å². The lowest BCUT2D eigenvalue weighted by Crippen LogP contribution is -2.60. The number of aliphatic carboxylic acids is 1. The zero-order valence-corrected chi connectivity index (χ0v) is 88.4. The fraction of sp³-hybridized carbons (Fsp3) is 0.735. The molecule has 1 heterocycles. The number of unbranched alkanes of at least 4 members (excludes halogenated alkanes) is 15.